The summed E-state index contributed by atoms with van der Waals surface area (Å²) in [5, 5.41) is 27.2. The molecule has 4 aromatic rings. The number of ether oxygens (including phenoxy) is 1. The van der Waals surface area contributed by atoms with E-state index >= 15 is 0 Å². The zero-order valence-corrected chi connectivity index (χ0v) is 22.2. The van der Waals surface area contributed by atoms with Gasteiger partial charge in [0.2, 0.25) is 5.75 Å². The standard InChI is InChI=1S/C25H19BrClN5O6/c1-2-3-23-29-21-9-6-17(26)12-19(21)25(33)30(23)28-13-16-10-20(27)24(22(11-16)32(36)37)38-14-15-4-7-18(8-5-15)31(34)35/h4-13H,2-3,14H2,1H3. The summed E-state index contributed by atoms with van der Waals surface area (Å²) >= 11 is 9.69. The number of non-ortho nitro benzene ring substituents is 1. The van der Waals surface area contributed by atoms with Crippen molar-refractivity contribution in [3.8, 4) is 5.75 Å². The maximum atomic E-state index is 13.2. The molecule has 13 heteroatoms. The Hall–Kier alpha value is -4.16. The van der Waals surface area contributed by atoms with E-state index in [0.29, 0.717) is 28.7 Å². The summed E-state index contributed by atoms with van der Waals surface area (Å²) in [5.41, 5.74) is 0.512. The summed E-state index contributed by atoms with van der Waals surface area (Å²) < 4.78 is 7.50. The Morgan fingerprint density at radius 3 is 2.50 bits per heavy atom. The van der Waals surface area contributed by atoms with Gasteiger partial charge in [-0.3, -0.25) is 25.0 Å². The van der Waals surface area contributed by atoms with Crippen LogP contribution in [0, 0.1) is 20.2 Å². The van der Waals surface area contributed by atoms with Gasteiger partial charge < -0.3 is 4.74 Å². The van der Waals surface area contributed by atoms with Crippen molar-refractivity contribution in [3.63, 3.8) is 0 Å². The van der Waals surface area contributed by atoms with Gasteiger partial charge in [0.1, 0.15) is 12.4 Å². The lowest BCUT2D eigenvalue weighted by Gasteiger charge is -2.10. The van der Waals surface area contributed by atoms with Gasteiger partial charge in [0.05, 0.1) is 32.0 Å². The fourth-order valence-corrected chi connectivity index (χ4v) is 4.28. The van der Waals surface area contributed by atoms with Crippen LogP contribution >= 0.6 is 27.5 Å². The monoisotopic (exact) mass is 599 g/mol. The number of rotatable bonds is 9. The minimum atomic E-state index is -0.641. The van der Waals surface area contributed by atoms with E-state index in [1.807, 2.05) is 6.92 Å². The summed E-state index contributed by atoms with van der Waals surface area (Å²) in [6.07, 6.45) is 2.52. The van der Waals surface area contributed by atoms with Crippen LogP contribution in [0.15, 0.2) is 69.0 Å². The van der Waals surface area contributed by atoms with Gasteiger partial charge in [0.25, 0.3) is 11.2 Å². The molecule has 0 atom stereocenters. The summed E-state index contributed by atoms with van der Waals surface area (Å²) in [6, 6.07) is 13.4. The first-order chi connectivity index (χ1) is 18.2. The van der Waals surface area contributed by atoms with E-state index < -0.39 is 15.5 Å². The zero-order chi connectivity index (χ0) is 27.4. The van der Waals surface area contributed by atoms with Gasteiger partial charge in [-0.1, -0.05) is 34.5 Å². The Labute approximate surface area is 228 Å². The summed E-state index contributed by atoms with van der Waals surface area (Å²) in [7, 11) is 0. The van der Waals surface area contributed by atoms with Crippen LogP contribution in [-0.2, 0) is 13.0 Å². The van der Waals surface area contributed by atoms with E-state index in [9.17, 15) is 25.0 Å². The van der Waals surface area contributed by atoms with Crippen LogP contribution in [0.25, 0.3) is 10.9 Å². The van der Waals surface area contributed by atoms with Gasteiger partial charge in [-0.2, -0.15) is 9.78 Å². The molecule has 0 aliphatic carbocycles. The van der Waals surface area contributed by atoms with Crippen molar-refractivity contribution in [2.75, 3.05) is 0 Å². The van der Waals surface area contributed by atoms with Crippen LogP contribution in [0.2, 0.25) is 5.02 Å². The fraction of sp³-hybridized carbons (Fsp3) is 0.160. The second-order valence-electron chi connectivity index (χ2n) is 8.12. The number of nitrogens with zero attached hydrogens (tertiary/aromatic N) is 5. The molecule has 0 radical (unpaired) electrons. The molecule has 0 bridgehead atoms. The molecule has 0 N–H and O–H groups in total. The van der Waals surface area contributed by atoms with E-state index in [2.05, 4.69) is 26.0 Å². The first kappa shape index (κ1) is 26.9. The lowest BCUT2D eigenvalue weighted by atomic mass is 10.2. The molecule has 0 amide bonds. The third-order valence-electron chi connectivity index (χ3n) is 5.44. The zero-order valence-electron chi connectivity index (χ0n) is 19.8. The highest BCUT2D eigenvalue weighted by atomic mass is 79.9. The molecule has 1 aromatic heterocycles. The molecule has 38 heavy (non-hydrogen) atoms. The van der Waals surface area contributed by atoms with E-state index in [-0.39, 0.29) is 34.2 Å². The van der Waals surface area contributed by atoms with E-state index in [1.54, 1.807) is 18.2 Å². The maximum absolute atomic E-state index is 13.2. The number of aryl methyl sites for hydroxylation is 1. The number of halogens is 2. The number of benzene rings is 3. The van der Waals surface area contributed by atoms with Crippen LogP contribution in [0.3, 0.4) is 0 Å². The number of fused-ring (bicyclic) bond motifs is 1. The molecule has 0 aliphatic heterocycles. The second kappa shape index (κ2) is 11.5. The maximum Gasteiger partial charge on any atom is 0.313 e. The molecule has 0 unspecified atom stereocenters. The Kier molecular flexibility index (Phi) is 8.13. The van der Waals surface area contributed by atoms with Crippen molar-refractivity contribution in [3.05, 3.63) is 112 Å². The first-order valence-electron chi connectivity index (χ1n) is 11.3. The molecule has 194 valence electrons. The molecule has 1 heterocycles. The molecule has 0 spiro atoms. The lowest BCUT2D eigenvalue weighted by molar-refractivity contribution is -0.386. The second-order valence-corrected chi connectivity index (χ2v) is 9.44. The minimum Gasteiger partial charge on any atom is -0.481 e. The Bertz CT molecular complexity index is 1640. The predicted octanol–water partition coefficient (Wildman–Crippen LogP) is 6.04. The third-order valence-corrected chi connectivity index (χ3v) is 6.22. The van der Waals surface area contributed by atoms with Gasteiger partial charge >= 0.3 is 5.69 Å². The van der Waals surface area contributed by atoms with Gasteiger partial charge in [0, 0.05) is 34.7 Å². The Morgan fingerprint density at radius 2 is 1.84 bits per heavy atom. The number of nitro groups is 2. The average molecular weight is 601 g/mol. The molecule has 0 saturated heterocycles. The molecular formula is C25H19BrClN5O6. The van der Waals surface area contributed by atoms with Gasteiger partial charge in [-0.05, 0) is 48.4 Å². The van der Waals surface area contributed by atoms with Crippen molar-refractivity contribution in [2.45, 2.75) is 26.4 Å². The van der Waals surface area contributed by atoms with E-state index in [1.165, 1.54) is 47.3 Å². The molecule has 0 saturated carbocycles. The number of nitro benzene ring substituents is 2. The highest BCUT2D eigenvalue weighted by Gasteiger charge is 2.21. The molecule has 4 rings (SSSR count). The molecule has 3 aromatic carbocycles. The number of aromatic nitrogens is 2. The van der Waals surface area contributed by atoms with Crippen LogP contribution in [0.1, 0.15) is 30.3 Å². The van der Waals surface area contributed by atoms with Crippen LogP contribution in [0.5, 0.6) is 5.75 Å². The van der Waals surface area contributed by atoms with Crippen LogP contribution in [0.4, 0.5) is 11.4 Å². The smallest absolute Gasteiger partial charge is 0.313 e. The summed E-state index contributed by atoms with van der Waals surface area (Å²) in [5.74, 6) is 0.292. The minimum absolute atomic E-state index is 0.0377. The average Bonchev–Trinajstić information content (AvgIpc) is 2.88. The summed E-state index contributed by atoms with van der Waals surface area (Å²) in [6.45, 7) is 1.85. The largest absolute Gasteiger partial charge is 0.481 e. The quantitative estimate of drug-likeness (QED) is 0.129. The van der Waals surface area contributed by atoms with Crippen molar-refractivity contribution in [2.24, 2.45) is 5.10 Å². The highest BCUT2D eigenvalue weighted by Crippen LogP contribution is 2.36. The summed E-state index contributed by atoms with van der Waals surface area (Å²) in [4.78, 5) is 39.2. The fourth-order valence-electron chi connectivity index (χ4n) is 3.65. The van der Waals surface area contributed by atoms with E-state index in [4.69, 9.17) is 16.3 Å². The first-order valence-corrected chi connectivity index (χ1v) is 12.4. The van der Waals surface area contributed by atoms with Crippen molar-refractivity contribution >= 4 is 56.0 Å². The molecule has 11 nitrogen and oxygen atoms in total. The van der Waals surface area contributed by atoms with Gasteiger partial charge in [-0.25, -0.2) is 4.98 Å². The van der Waals surface area contributed by atoms with Crippen molar-refractivity contribution in [1.29, 1.82) is 0 Å². The van der Waals surface area contributed by atoms with Gasteiger partial charge in [0.15, 0.2) is 0 Å². The highest BCUT2D eigenvalue weighted by molar-refractivity contribution is 9.10. The Balaban J connectivity index is 1.67. The SMILES string of the molecule is CCCc1nc2ccc(Br)cc2c(=O)n1N=Cc1cc(Cl)c(OCc2ccc([N+](=O)[O-])cc2)c([N+](=O)[O-])c1. The van der Waals surface area contributed by atoms with Crippen LogP contribution in [-0.4, -0.2) is 25.7 Å². The number of hydrogen-bond donors (Lipinski definition) is 0. The molecular weight excluding hydrogens is 582 g/mol. The van der Waals surface area contributed by atoms with Crippen LogP contribution < -0.4 is 10.3 Å². The predicted molar refractivity (Wildman–Crippen MR) is 146 cm³/mol. The Morgan fingerprint density at radius 1 is 1.11 bits per heavy atom. The number of hydrogen-bond acceptors (Lipinski definition) is 8. The molecule has 0 fully saturated rings. The normalized spacial score (nSPS) is 11.2. The lowest BCUT2D eigenvalue weighted by Crippen LogP contribution is -2.22. The molecule has 0 aliphatic rings. The topological polar surface area (TPSA) is 143 Å². The van der Waals surface area contributed by atoms with E-state index in [0.717, 1.165) is 10.9 Å². The van der Waals surface area contributed by atoms with Gasteiger partial charge in [-0.15, -0.1) is 0 Å². The van der Waals surface area contributed by atoms with Crippen molar-refractivity contribution < 1.29 is 14.6 Å². The third kappa shape index (κ3) is 5.87. The van der Waals surface area contributed by atoms with Crippen molar-refractivity contribution in [1.82, 2.24) is 9.66 Å².